The van der Waals surface area contributed by atoms with Crippen LogP contribution in [0.25, 0.3) is 22.6 Å². The molecule has 1 aromatic carbocycles. The third-order valence-electron chi connectivity index (χ3n) is 5.58. The first-order chi connectivity index (χ1) is 17.9. The van der Waals surface area contributed by atoms with Gasteiger partial charge in [-0.1, -0.05) is 13.0 Å². The molecule has 0 saturated carbocycles. The lowest BCUT2D eigenvalue weighted by molar-refractivity contribution is 0.478. The van der Waals surface area contributed by atoms with Crippen molar-refractivity contribution in [3.63, 3.8) is 0 Å². The number of aromatic nitrogens is 6. The third-order valence-corrected chi connectivity index (χ3v) is 7.22. The van der Waals surface area contributed by atoms with Crippen LogP contribution in [-0.4, -0.2) is 43.7 Å². The number of nitrogens with one attached hydrogen (secondary N) is 1. The number of sulfone groups is 1. The Morgan fingerprint density at radius 3 is 2.59 bits per heavy atom. The third kappa shape index (κ3) is 4.61. The highest BCUT2D eigenvalue weighted by Gasteiger charge is 2.17. The van der Waals surface area contributed by atoms with Crippen LogP contribution in [0, 0.1) is 22.7 Å². The number of nitriles is 2. The van der Waals surface area contributed by atoms with Gasteiger partial charge in [-0.05, 0) is 30.3 Å². The molecule has 12 heteroatoms. The summed E-state index contributed by atoms with van der Waals surface area (Å²) in [5.41, 5.74) is 2.81. The highest BCUT2D eigenvalue weighted by Crippen LogP contribution is 2.30. The predicted molar refractivity (Wildman–Crippen MR) is 132 cm³/mol. The lowest BCUT2D eigenvalue weighted by Crippen LogP contribution is -2.05. The van der Waals surface area contributed by atoms with E-state index >= 15 is 0 Å². The minimum atomic E-state index is -3.43. The van der Waals surface area contributed by atoms with Gasteiger partial charge in [-0.3, -0.25) is 4.98 Å². The van der Waals surface area contributed by atoms with Gasteiger partial charge in [0.15, 0.2) is 32.1 Å². The first-order valence-corrected chi connectivity index (χ1v) is 12.7. The molecule has 37 heavy (non-hydrogen) atoms. The highest BCUT2D eigenvalue weighted by molar-refractivity contribution is 7.91. The van der Waals surface area contributed by atoms with Crippen molar-refractivity contribution in [3.05, 3.63) is 78.1 Å². The molecule has 0 aliphatic rings. The maximum atomic E-state index is 12.1. The largest absolute Gasteiger partial charge is 0.456 e. The number of aromatic amines is 1. The second kappa shape index (κ2) is 9.53. The zero-order valence-corrected chi connectivity index (χ0v) is 20.3. The summed E-state index contributed by atoms with van der Waals surface area (Å²) in [5.74, 6) is 1.28. The minimum Gasteiger partial charge on any atom is -0.456 e. The molecule has 4 aromatic heterocycles. The highest BCUT2D eigenvalue weighted by atomic mass is 32.2. The molecule has 182 valence electrons. The van der Waals surface area contributed by atoms with Gasteiger partial charge < -0.3 is 14.3 Å². The van der Waals surface area contributed by atoms with E-state index in [0.29, 0.717) is 39.6 Å². The van der Waals surface area contributed by atoms with E-state index in [-0.39, 0.29) is 28.7 Å². The Bertz CT molecular complexity index is 1800. The summed E-state index contributed by atoms with van der Waals surface area (Å²) in [6.07, 6.45) is 4.45. The molecule has 0 bridgehead atoms. The van der Waals surface area contributed by atoms with Crippen LogP contribution in [0.15, 0.2) is 66.2 Å². The zero-order valence-electron chi connectivity index (χ0n) is 19.5. The zero-order chi connectivity index (χ0) is 26.0. The second-order valence-electron chi connectivity index (χ2n) is 7.91. The van der Waals surface area contributed by atoms with Crippen LogP contribution in [0.1, 0.15) is 23.9 Å². The van der Waals surface area contributed by atoms with Gasteiger partial charge in [0.25, 0.3) is 0 Å². The Kier molecular flexibility index (Phi) is 6.09. The average molecular weight is 511 g/mol. The minimum absolute atomic E-state index is 0.0236. The molecule has 0 aliphatic heterocycles. The molecule has 1 N–H and O–H groups in total. The van der Waals surface area contributed by atoms with Crippen molar-refractivity contribution in [1.82, 2.24) is 29.5 Å². The first-order valence-electron chi connectivity index (χ1n) is 11.1. The maximum absolute atomic E-state index is 12.1. The summed E-state index contributed by atoms with van der Waals surface area (Å²) in [6.45, 7) is 1.75. The monoisotopic (exact) mass is 510 g/mol. The van der Waals surface area contributed by atoms with Gasteiger partial charge in [-0.2, -0.15) is 10.5 Å². The van der Waals surface area contributed by atoms with Gasteiger partial charge in [0.05, 0.1) is 35.9 Å². The van der Waals surface area contributed by atoms with Crippen LogP contribution in [0.4, 0.5) is 0 Å². The Hall–Kier alpha value is -5.07. The number of pyridine rings is 2. The van der Waals surface area contributed by atoms with Gasteiger partial charge in [-0.15, -0.1) is 0 Å². The van der Waals surface area contributed by atoms with Crippen LogP contribution in [-0.2, 0) is 16.4 Å². The van der Waals surface area contributed by atoms with Crippen LogP contribution in [0.2, 0.25) is 0 Å². The molecule has 0 radical (unpaired) electrons. The van der Waals surface area contributed by atoms with Crippen LogP contribution in [0.3, 0.4) is 0 Å². The molecule has 0 atom stereocenters. The molecule has 0 amide bonds. The van der Waals surface area contributed by atoms with E-state index in [2.05, 4.69) is 19.9 Å². The van der Waals surface area contributed by atoms with Crippen molar-refractivity contribution in [3.8, 4) is 35.2 Å². The average Bonchev–Trinajstić information content (AvgIpc) is 3.53. The smallest absolute Gasteiger partial charge is 0.195 e. The number of imidazole rings is 2. The van der Waals surface area contributed by atoms with Gasteiger partial charge in [0.2, 0.25) is 0 Å². The lowest BCUT2D eigenvalue weighted by atomic mass is 10.1. The Labute approximate surface area is 211 Å². The Morgan fingerprint density at radius 2 is 1.92 bits per heavy atom. The summed E-state index contributed by atoms with van der Waals surface area (Å²) in [7, 11) is -3.43. The quantitative estimate of drug-likeness (QED) is 0.344. The standard InChI is InChI=1S/C25H18N8O3S/c1-2-37(34,35)23-7-6-17(13-29-23)36-18-9-16(14-33-15-30-21(11-26)22(33)12-27)24-20(10-18)31-25(32-24)19-5-3-4-8-28-19/h3-10,13,15H,2,14H2,1H3,(H,31,32). The van der Waals surface area contributed by atoms with E-state index < -0.39 is 9.84 Å². The number of rotatable bonds is 7. The van der Waals surface area contributed by atoms with Crippen molar-refractivity contribution in [2.24, 2.45) is 0 Å². The molecular weight excluding hydrogens is 492 g/mol. The van der Waals surface area contributed by atoms with Crippen LogP contribution < -0.4 is 4.74 Å². The number of hydrogen-bond donors (Lipinski definition) is 1. The molecule has 11 nitrogen and oxygen atoms in total. The van der Waals surface area contributed by atoms with Crippen LogP contribution >= 0.6 is 0 Å². The van der Waals surface area contributed by atoms with Gasteiger partial charge >= 0.3 is 0 Å². The van der Waals surface area contributed by atoms with Crippen molar-refractivity contribution >= 4 is 20.9 Å². The molecule has 0 unspecified atom stereocenters. The molecule has 4 heterocycles. The summed E-state index contributed by atoms with van der Waals surface area (Å²) < 4.78 is 31.7. The summed E-state index contributed by atoms with van der Waals surface area (Å²) >= 11 is 0. The van der Waals surface area contributed by atoms with Gasteiger partial charge in [0, 0.05) is 17.8 Å². The molecule has 0 spiro atoms. The summed E-state index contributed by atoms with van der Waals surface area (Å²) in [4.78, 5) is 20.4. The number of ether oxygens (including phenoxy) is 1. The number of H-pyrrole nitrogens is 1. The van der Waals surface area contributed by atoms with E-state index in [1.54, 1.807) is 29.8 Å². The lowest BCUT2D eigenvalue weighted by Gasteiger charge is -2.10. The van der Waals surface area contributed by atoms with Gasteiger partial charge in [-0.25, -0.2) is 23.4 Å². The van der Waals surface area contributed by atoms with Crippen molar-refractivity contribution in [1.29, 1.82) is 10.5 Å². The fourth-order valence-electron chi connectivity index (χ4n) is 3.74. The van der Waals surface area contributed by atoms with E-state index in [4.69, 9.17) is 9.72 Å². The Morgan fingerprint density at radius 1 is 1.05 bits per heavy atom. The number of benzene rings is 1. The fraction of sp³-hybridized carbons (Fsp3) is 0.120. The van der Waals surface area contributed by atoms with Crippen molar-refractivity contribution < 1.29 is 13.2 Å². The molecule has 0 aliphatic carbocycles. The first kappa shape index (κ1) is 23.7. The fourth-order valence-corrected chi connectivity index (χ4v) is 4.53. The van der Waals surface area contributed by atoms with E-state index in [1.165, 1.54) is 24.7 Å². The summed E-state index contributed by atoms with van der Waals surface area (Å²) in [5, 5.41) is 18.8. The predicted octanol–water partition coefficient (Wildman–Crippen LogP) is 3.59. The Balaban J connectivity index is 1.57. The summed E-state index contributed by atoms with van der Waals surface area (Å²) in [6, 6.07) is 15.9. The van der Waals surface area contributed by atoms with E-state index in [9.17, 15) is 18.9 Å². The topological polar surface area (TPSA) is 163 Å². The number of fused-ring (bicyclic) bond motifs is 1. The van der Waals surface area contributed by atoms with Crippen LogP contribution in [0.5, 0.6) is 11.5 Å². The molecule has 5 rings (SSSR count). The van der Waals surface area contributed by atoms with E-state index in [1.807, 2.05) is 30.3 Å². The molecule has 5 aromatic rings. The maximum Gasteiger partial charge on any atom is 0.195 e. The molecule has 0 fully saturated rings. The van der Waals surface area contributed by atoms with Crippen molar-refractivity contribution in [2.45, 2.75) is 18.5 Å². The number of hydrogen-bond acceptors (Lipinski definition) is 9. The normalized spacial score (nSPS) is 11.2. The van der Waals surface area contributed by atoms with E-state index in [0.717, 1.165) is 0 Å². The number of nitrogens with zero attached hydrogens (tertiary/aromatic N) is 7. The van der Waals surface area contributed by atoms with Gasteiger partial charge in [0.1, 0.15) is 29.3 Å². The van der Waals surface area contributed by atoms with Crippen molar-refractivity contribution in [2.75, 3.05) is 5.75 Å². The molecular formula is C25H18N8O3S. The second-order valence-corrected chi connectivity index (χ2v) is 10.1. The molecule has 0 saturated heterocycles. The SMILES string of the molecule is CCS(=O)(=O)c1ccc(Oc2cc(Cn3cnc(C#N)c3C#N)c3nc(-c4ccccn4)[nH]c3c2)cn1.